The zero-order valence-electron chi connectivity index (χ0n) is 20.7. The maximum absolute atomic E-state index is 13.1. The number of anilines is 1. The highest BCUT2D eigenvalue weighted by Crippen LogP contribution is 2.36. The lowest BCUT2D eigenvalue weighted by Gasteiger charge is -2.28. The molecule has 1 amide bonds. The summed E-state index contributed by atoms with van der Waals surface area (Å²) in [6.07, 6.45) is 8.54. The maximum atomic E-state index is 13.1. The van der Waals surface area contributed by atoms with Crippen molar-refractivity contribution in [2.75, 3.05) is 18.0 Å². The minimum atomic E-state index is -0.296. The molecule has 2 aromatic heterocycles. The van der Waals surface area contributed by atoms with Crippen molar-refractivity contribution in [3.8, 4) is 5.69 Å². The van der Waals surface area contributed by atoms with Crippen LogP contribution in [0.1, 0.15) is 41.8 Å². The second-order valence-electron chi connectivity index (χ2n) is 9.27. The summed E-state index contributed by atoms with van der Waals surface area (Å²) in [6.45, 7) is 5.97. The summed E-state index contributed by atoms with van der Waals surface area (Å²) in [6, 6.07) is 11.2. The molecule has 0 N–H and O–H groups in total. The molecule has 2 saturated heterocycles. The summed E-state index contributed by atoms with van der Waals surface area (Å²) in [7, 11) is 0. The van der Waals surface area contributed by atoms with E-state index in [0.29, 0.717) is 21.5 Å². The maximum Gasteiger partial charge on any atom is 0.294 e. The van der Waals surface area contributed by atoms with E-state index in [1.807, 2.05) is 54.8 Å². The van der Waals surface area contributed by atoms with E-state index in [2.05, 4.69) is 9.88 Å². The van der Waals surface area contributed by atoms with Crippen LogP contribution in [0.4, 0.5) is 11.4 Å². The molecule has 2 aliphatic rings. The van der Waals surface area contributed by atoms with Crippen molar-refractivity contribution in [2.45, 2.75) is 39.7 Å². The fraction of sp³-hybridized carbons (Fsp3) is 0.296. The second-order valence-corrected chi connectivity index (χ2v) is 10.9. The number of aromatic nitrogens is 2. The minimum absolute atomic E-state index is 0.115. The van der Waals surface area contributed by atoms with E-state index in [9.17, 15) is 14.9 Å². The fourth-order valence-corrected chi connectivity index (χ4v) is 6.23. The van der Waals surface area contributed by atoms with Gasteiger partial charge in [0, 0.05) is 42.9 Å². The van der Waals surface area contributed by atoms with Gasteiger partial charge in [-0.3, -0.25) is 24.8 Å². The number of nitro benzene ring substituents is 1. The third kappa shape index (κ3) is 5.03. The normalized spacial score (nSPS) is 17.2. The van der Waals surface area contributed by atoms with E-state index in [1.54, 1.807) is 23.4 Å². The molecule has 0 atom stereocenters. The first-order valence-corrected chi connectivity index (χ1v) is 13.4. The van der Waals surface area contributed by atoms with Crippen LogP contribution in [0.3, 0.4) is 0 Å². The summed E-state index contributed by atoms with van der Waals surface area (Å²) in [4.78, 5) is 33.2. The van der Waals surface area contributed by atoms with Gasteiger partial charge in [-0.05, 0) is 74.6 Å². The van der Waals surface area contributed by atoms with Crippen molar-refractivity contribution in [1.82, 2.24) is 14.5 Å². The number of thioether (sulfide) groups is 1. The highest BCUT2D eigenvalue weighted by atomic mass is 32.2. The molecule has 8 nitrogen and oxygen atoms in total. The van der Waals surface area contributed by atoms with Crippen LogP contribution in [0, 0.1) is 24.0 Å². The second kappa shape index (κ2) is 10.5. The van der Waals surface area contributed by atoms with Crippen LogP contribution in [0.15, 0.2) is 53.7 Å². The standard InChI is InChI=1S/C27H27N5O3S2/c1-18-13-21(14-25-26(33)30(27(36)37-25)17-20-7-6-10-28-16-20)19(2)31(18)22-8-9-23(24(15-22)32(34)35)29-11-4-3-5-12-29/h6-10,13-16H,3-5,11-12,17H2,1-2H3/b25-14-. The van der Waals surface area contributed by atoms with Gasteiger partial charge in [0.2, 0.25) is 0 Å². The number of carbonyl (C=O) groups excluding carboxylic acids is 1. The van der Waals surface area contributed by atoms with Crippen molar-refractivity contribution in [3.63, 3.8) is 0 Å². The Morgan fingerprint density at radius 3 is 2.65 bits per heavy atom. The van der Waals surface area contributed by atoms with Gasteiger partial charge in [0.15, 0.2) is 0 Å². The van der Waals surface area contributed by atoms with Gasteiger partial charge in [0.1, 0.15) is 10.0 Å². The average molecular weight is 534 g/mol. The Morgan fingerprint density at radius 1 is 1.16 bits per heavy atom. The number of hydrogen-bond acceptors (Lipinski definition) is 7. The molecule has 1 aromatic carbocycles. The minimum Gasteiger partial charge on any atom is -0.366 e. The smallest absolute Gasteiger partial charge is 0.294 e. The number of benzene rings is 1. The number of thiocarbonyl (C=S) groups is 1. The van der Waals surface area contributed by atoms with Gasteiger partial charge in [-0.15, -0.1) is 0 Å². The predicted octanol–water partition coefficient (Wildman–Crippen LogP) is 5.79. The zero-order valence-corrected chi connectivity index (χ0v) is 22.3. The molecule has 4 heterocycles. The predicted molar refractivity (Wildman–Crippen MR) is 151 cm³/mol. The van der Waals surface area contributed by atoms with Crippen LogP contribution in [-0.4, -0.2) is 42.7 Å². The Labute approximate surface area is 225 Å². The lowest BCUT2D eigenvalue weighted by atomic mass is 10.1. The van der Waals surface area contributed by atoms with Gasteiger partial charge < -0.3 is 9.47 Å². The molecule has 2 aliphatic heterocycles. The van der Waals surface area contributed by atoms with E-state index < -0.39 is 0 Å². The van der Waals surface area contributed by atoms with E-state index >= 15 is 0 Å². The van der Waals surface area contributed by atoms with Crippen LogP contribution in [0.2, 0.25) is 0 Å². The Bertz CT molecular complexity index is 1410. The molecule has 0 saturated carbocycles. The highest BCUT2D eigenvalue weighted by molar-refractivity contribution is 8.26. The van der Waals surface area contributed by atoms with Crippen molar-refractivity contribution in [3.05, 3.63) is 86.3 Å². The van der Waals surface area contributed by atoms with E-state index in [-0.39, 0.29) is 16.5 Å². The van der Waals surface area contributed by atoms with E-state index in [4.69, 9.17) is 12.2 Å². The molecule has 190 valence electrons. The van der Waals surface area contributed by atoms with Crippen molar-refractivity contribution < 1.29 is 9.72 Å². The van der Waals surface area contributed by atoms with Crippen LogP contribution in [-0.2, 0) is 11.3 Å². The summed E-state index contributed by atoms with van der Waals surface area (Å²) in [5, 5.41) is 12.0. The number of rotatable bonds is 6. The van der Waals surface area contributed by atoms with E-state index in [0.717, 1.165) is 60.6 Å². The average Bonchev–Trinajstić information content (AvgIpc) is 3.33. The summed E-state index contributed by atoms with van der Waals surface area (Å²) in [5.41, 5.74) is 5.13. The fourth-order valence-electron chi connectivity index (χ4n) is 4.98. The monoisotopic (exact) mass is 533 g/mol. The molecular formula is C27H27N5O3S2. The van der Waals surface area contributed by atoms with Crippen molar-refractivity contribution in [1.29, 1.82) is 0 Å². The van der Waals surface area contributed by atoms with Gasteiger partial charge in [0.05, 0.1) is 22.1 Å². The largest absolute Gasteiger partial charge is 0.366 e. The highest BCUT2D eigenvalue weighted by Gasteiger charge is 2.32. The number of amides is 1. The first-order chi connectivity index (χ1) is 17.8. The lowest BCUT2D eigenvalue weighted by molar-refractivity contribution is -0.384. The summed E-state index contributed by atoms with van der Waals surface area (Å²) >= 11 is 6.77. The van der Waals surface area contributed by atoms with Crippen molar-refractivity contribution in [2.24, 2.45) is 0 Å². The molecule has 0 unspecified atom stereocenters. The SMILES string of the molecule is Cc1cc(/C=C2\SC(=S)N(Cc3cccnc3)C2=O)c(C)n1-c1ccc(N2CCCCC2)c([N+](=O)[O-])c1. The molecule has 3 aromatic rings. The number of aryl methyl sites for hydroxylation is 1. The number of pyridine rings is 1. The molecule has 0 aliphatic carbocycles. The molecule has 0 spiro atoms. The van der Waals surface area contributed by atoms with Gasteiger partial charge >= 0.3 is 0 Å². The quantitative estimate of drug-likeness (QED) is 0.172. The van der Waals surface area contributed by atoms with E-state index in [1.165, 1.54) is 11.8 Å². The molecule has 0 radical (unpaired) electrons. The molecular weight excluding hydrogens is 506 g/mol. The first kappa shape index (κ1) is 25.2. The van der Waals surface area contributed by atoms with Crippen LogP contribution in [0.5, 0.6) is 0 Å². The number of piperidine rings is 1. The van der Waals surface area contributed by atoms with Crippen LogP contribution >= 0.6 is 24.0 Å². The Hall–Kier alpha value is -3.50. The zero-order chi connectivity index (χ0) is 26.1. The van der Waals surface area contributed by atoms with Gasteiger partial charge in [-0.1, -0.05) is 30.0 Å². The molecule has 5 rings (SSSR count). The van der Waals surface area contributed by atoms with Crippen LogP contribution in [0.25, 0.3) is 11.8 Å². The topological polar surface area (TPSA) is 84.5 Å². The van der Waals surface area contributed by atoms with Gasteiger partial charge in [-0.2, -0.15) is 0 Å². The van der Waals surface area contributed by atoms with Gasteiger partial charge in [0.25, 0.3) is 11.6 Å². The van der Waals surface area contributed by atoms with Crippen molar-refractivity contribution >= 4 is 51.7 Å². The Kier molecular flexibility index (Phi) is 7.12. The Morgan fingerprint density at radius 2 is 1.95 bits per heavy atom. The third-order valence-electron chi connectivity index (χ3n) is 6.80. The molecule has 0 bridgehead atoms. The Balaban J connectivity index is 1.45. The summed E-state index contributed by atoms with van der Waals surface area (Å²) in [5.74, 6) is -0.134. The molecule has 37 heavy (non-hydrogen) atoms. The lowest BCUT2D eigenvalue weighted by Crippen LogP contribution is -2.30. The number of hydrogen-bond donors (Lipinski definition) is 0. The van der Waals surface area contributed by atoms with Gasteiger partial charge in [-0.25, -0.2) is 0 Å². The first-order valence-electron chi connectivity index (χ1n) is 12.2. The summed E-state index contributed by atoms with van der Waals surface area (Å²) < 4.78 is 2.51. The molecule has 10 heteroatoms. The molecule has 2 fully saturated rings. The van der Waals surface area contributed by atoms with Crippen LogP contribution < -0.4 is 4.90 Å². The number of nitrogens with zero attached hydrogens (tertiary/aromatic N) is 5. The number of carbonyl (C=O) groups is 1. The third-order valence-corrected chi connectivity index (χ3v) is 8.18. The number of nitro groups is 1.